The van der Waals surface area contributed by atoms with Crippen LogP contribution in [0, 0.1) is 6.57 Å². The average Bonchev–Trinajstić information content (AvgIpc) is 2.66. The van der Waals surface area contributed by atoms with E-state index < -0.39 is 0 Å². The second kappa shape index (κ2) is 4.21. The fourth-order valence-corrected chi connectivity index (χ4v) is 3.26. The summed E-state index contributed by atoms with van der Waals surface area (Å²) in [4.78, 5) is 3.58. The first-order valence-electron chi connectivity index (χ1n) is 7.42. The predicted molar refractivity (Wildman–Crippen MR) is 89.0 cm³/mol. The van der Waals surface area contributed by atoms with Crippen LogP contribution < -0.4 is 0 Å². The summed E-state index contributed by atoms with van der Waals surface area (Å²) in [6.45, 7) is 18.5. The van der Waals surface area contributed by atoms with E-state index >= 15 is 0 Å². The van der Waals surface area contributed by atoms with Gasteiger partial charge in [-0.25, -0.2) is 4.85 Å². The van der Waals surface area contributed by atoms with Crippen molar-refractivity contribution in [3.05, 3.63) is 64.5 Å². The van der Waals surface area contributed by atoms with Crippen LogP contribution in [0.5, 0.6) is 0 Å². The Morgan fingerprint density at radius 3 is 2.05 bits per heavy atom. The van der Waals surface area contributed by atoms with E-state index in [0.717, 1.165) is 5.69 Å². The molecule has 0 atom stereocenters. The highest BCUT2D eigenvalue weighted by atomic mass is 14.6. The van der Waals surface area contributed by atoms with Crippen molar-refractivity contribution in [1.29, 1.82) is 0 Å². The summed E-state index contributed by atoms with van der Waals surface area (Å²) in [6, 6.07) is 12.9. The normalized spacial score (nSPS) is 15.2. The molecule has 0 radical (unpaired) electrons. The van der Waals surface area contributed by atoms with Crippen molar-refractivity contribution in [3.63, 3.8) is 0 Å². The first kappa shape index (κ1) is 13.9. The SMILES string of the molecule is [C-]#[N+]c1ccc2c(c1)C(C)(C)c1cc(C(C)(C)C)ccc1-2. The second-order valence-corrected chi connectivity index (χ2v) is 7.48. The van der Waals surface area contributed by atoms with Crippen LogP contribution in [0.15, 0.2) is 36.4 Å². The van der Waals surface area contributed by atoms with Crippen molar-refractivity contribution in [2.45, 2.75) is 45.4 Å². The van der Waals surface area contributed by atoms with Gasteiger partial charge in [0.1, 0.15) is 0 Å². The molecule has 0 fully saturated rings. The molecule has 1 aliphatic carbocycles. The molecule has 1 aliphatic rings. The minimum atomic E-state index is -0.0351. The molecule has 0 aliphatic heterocycles. The first-order chi connectivity index (χ1) is 9.75. The third-order valence-electron chi connectivity index (χ3n) is 4.65. The lowest BCUT2D eigenvalue weighted by atomic mass is 9.79. The molecule has 0 amide bonds. The molecule has 0 spiro atoms. The molecule has 0 saturated carbocycles. The second-order valence-electron chi connectivity index (χ2n) is 7.48. The number of hydrogen-bond acceptors (Lipinski definition) is 0. The van der Waals surface area contributed by atoms with Gasteiger partial charge in [-0.15, -0.1) is 0 Å². The van der Waals surface area contributed by atoms with Crippen molar-refractivity contribution in [1.82, 2.24) is 0 Å². The zero-order valence-electron chi connectivity index (χ0n) is 13.4. The van der Waals surface area contributed by atoms with E-state index in [1.807, 2.05) is 6.07 Å². The summed E-state index contributed by atoms with van der Waals surface area (Å²) < 4.78 is 0. The number of hydrogen-bond donors (Lipinski definition) is 0. The Morgan fingerprint density at radius 2 is 1.48 bits per heavy atom. The Kier molecular flexibility index (Phi) is 2.79. The third-order valence-corrected chi connectivity index (χ3v) is 4.65. The fourth-order valence-electron chi connectivity index (χ4n) is 3.26. The lowest BCUT2D eigenvalue weighted by molar-refractivity contribution is 0.585. The van der Waals surface area contributed by atoms with Gasteiger partial charge in [0.05, 0.1) is 6.57 Å². The van der Waals surface area contributed by atoms with E-state index in [0.29, 0.717) is 0 Å². The van der Waals surface area contributed by atoms with Gasteiger partial charge in [-0.1, -0.05) is 71.0 Å². The van der Waals surface area contributed by atoms with E-state index in [-0.39, 0.29) is 10.8 Å². The van der Waals surface area contributed by atoms with E-state index in [2.05, 4.69) is 69.8 Å². The minimum absolute atomic E-state index is 0.0351. The van der Waals surface area contributed by atoms with Crippen LogP contribution in [0.2, 0.25) is 0 Å². The van der Waals surface area contributed by atoms with Gasteiger partial charge in [0.25, 0.3) is 0 Å². The van der Waals surface area contributed by atoms with Crippen molar-refractivity contribution in [2.24, 2.45) is 0 Å². The first-order valence-corrected chi connectivity index (χ1v) is 7.42. The highest BCUT2D eigenvalue weighted by Crippen LogP contribution is 2.50. The minimum Gasteiger partial charge on any atom is -0.238 e. The molecule has 106 valence electrons. The Bertz CT molecular complexity index is 767. The fraction of sp³-hybridized carbons (Fsp3) is 0.350. The van der Waals surface area contributed by atoms with Crippen LogP contribution in [0.4, 0.5) is 5.69 Å². The quantitative estimate of drug-likeness (QED) is 0.532. The van der Waals surface area contributed by atoms with Gasteiger partial charge in [-0.05, 0) is 33.2 Å². The summed E-state index contributed by atoms with van der Waals surface area (Å²) in [5, 5.41) is 0. The van der Waals surface area contributed by atoms with E-state index in [1.54, 1.807) is 0 Å². The summed E-state index contributed by atoms with van der Waals surface area (Å²) in [6.07, 6.45) is 0. The highest BCUT2D eigenvalue weighted by molar-refractivity contribution is 5.82. The molecule has 0 heterocycles. The summed E-state index contributed by atoms with van der Waals surface area (Å²) in [5.74, 6) is 0. The summed E-state index contributed by atoms with van der Waals surface area (Å²) in [7, 11) is 0. The topological polar surface area (TPSA) is 4.36 Å². The van der Waals surface area contributed by atoms with Gasteiger partial charge in [-0.2, -0.15) is 0 Å². The third kappa shape index (κ3) is 1.98. The zero-order valence-corrected chi connectivity index (χ0v) is 13.4. The maximum atomic E-state index is 7.24. The molecule has 3 rings (SSSR count). The van der Waals surface area contributed by atoms with Gasteiger partial charge >= 0.3 is 0 Å². The van der Waals surface area contributed by atoms with Crippen LogP contribution in [0.3, 0.4) is 0 Å². The smallest absolute Gasteiger partial charge is 0.187 e. The Labute approximate surface area is 127 Å². The van der Waals surface area contributed by atoms with Crippen LogP contribution in [0.25, 0.3) is 16.0 Å². The molecule has 0 unspecified atom stereocenters. The molecular formula is C20H21N. The van der Waals surface area contributed by atoms with Crippen molar-refractivity contribution >= 4 is 5.69 Å². The molecule has 1 nitrogen and oxygen atoms in total. The molecular weight excluding hydrogens is 254 g/mol. The summed E-state index contributed by atoms with van der Waals surface area (Å²) >= 11 is 0. The molecule has 1 heteroatoms. The number of rotatable bonds is 0. The monoisotopic (exact) mass is 275 g/mol. The van der Waals surface area contributed by atoms with E-state index in [9.17, 15) is 0 Å². The van der Waals surface area contributed by atoms with Crippen LogP contribution in [-0.4, -0.2) is 0 Å². The molecule has 0 bridgehead atoms. The van der Waals surface area contributed by atoms with E-state index in [4.69, 9.17) is 6.57 Å². The molecule has 2 aromatic carbocycles. The molecule has 2 aromatic rings. The van der Waals surface area contributed by atoms with Crippen molar-refractivity contribution in [3.8, 4) is 11.1 Å². The van der Waals surface area contributed by atoms with Crippen LogP contribution >= 0.6 is 0 Å². The Balaban J connectivity index is 2.26. The van der Waals surface area contributed by atoms with Crippen molar-refractivity contribution < 1.29 is 0 Å². The summed E-state index contributed by atoms with van der Waals surface area (Å²) in [5.41, 5.74) is 7.47. The van der Waals surface area contributed by atoms with Crippen molar-refractivity contribution in [2.75, 3.05) is 0 Å². The van der Waals surface area contributed by atoms with Gasteiger partial charge < -0.3 is 0 Å². The van der Waals surface area contributed by atoms with Gasteiger partial charge in [0, 0.05) is 5.41 Å². The molecule has 0 N–H and O–H groups in total. The van der Waals surface area contributed by atoms with Gasteiger partial charge in [-0.3, -0.25) is 0 Å². The highest BCUT2D eigenvalue weighted by Gasteiger charge is 2.36. The standard InChI is InChI=1S/C20H21N/c1-19(2,3)13-7-9-15-16-10-8-14(21-6)12-18(16)20(4,5)17(15)11-13/h7-12H,1-5H3. The predicted octanol–water partition coefficient (Wildman–Crippen LogP) is 5.84. The van der Waals surface area contributed by atoms with Crippen LogP contribution in [0.1, 0.15) is 51.3 Å². The van der Waals surface area contributed by atoms with Gasteiger partial charge in [0.15, 0.2) is 5.69 Å². The Hall–Kier alpha value is -2.07. The van der Waals surface area contributed by atoms with Gasteiger partial charge in [0.2, 0.25) is 0 Å². The largest absolute Gasteiger partial charge is 0.238 e. The van der Waals surface area contributed by atoms with E-state index in [1.165, 1.54) is 27.8 Å². The molecule has 0 saturated heterocycles. The Morgan fingerprint density at radius 1 is 0.905 bits per heavy atom. The number of benzene rings is 2. The maximum absolute atomic E-state index is 7.24. The van der Waals surface area contributed by atoms with Crippen LogP contribution in [-0.2, 0) is 10.8 Å². The number of fused-ring (bicyclic) bond motifs is 3. The zero-order chi connectivity index (χ0) is 15.4. The maximum Gasteiger partial charge on any atom is 0.187 e. The molecule has 21 heavy (non-hydrogen) atoms. The average molecular weight is 275 g/mol. The molecule has 0 aromatic heterocycles. The lowest BCUT2D eigenvalue weighted by Gasteiger charge is -2.25. The lowest BCUT2D eigenvalue weighted by Crippen LogP contribution is -2.17. The number of nitrogens with zero attached hydrogens (tertiary/aromatic N) is 1.